The SMILES string of the molecule is CCCCCOc1ccc(Nc2nc(C)c(C(N)=O)s2)cc1C(F)(F)F. The standard InChI is InChI=1S/C17H20F3N3O2S/c1-3-4-5-8-25-13-7-6-11(9-12(13)17(18,19)20)23-16-22-10(2)14(26-16)15(21)24/h6-7,9H,3-5,8H2,1-2H3,(H2,21,24)(H,22,23). The number of aromatic nitrogens is 1. The second-order valence-corrected chi connectivity index (χ2v) is 6.69. The first-order valence-corrected chi connectivity index (χ1v) is 8.92. The molecule has 2 rings (SSSR count). The number of nitrogens with one attached hydrogen (secondary N) is 1. The normalized spacial score (nSPS) is 11.4. The van der Waals surface area contributed by atoms with Crippen molar-refractivity contribution in [1.82, 2.24) is 4.98 Å². The van der Waals surface area contributed by atoms with E-state index in [-0.39, 0.29) is 22.9 Å². The molecule has 1 aromatic heterocycles. The lowest BCUT2D eigenvalue weighted by Gasteiger charge is -2.15. The highest BCUT2D eigenvalue weighted by Gasteiger charge is 2.34. The predicted molar refractivity (Wildman–Crippen MR) is 95.1 cm³/mol. The summed E-state index contributed by atoms with van der Waals surface area (Å²) in [6.45, 7) is 3.85. The van der Waals surface area contributed by atoms with Crippen molar-refractivity contribution in [2.45, 2.75) is 39.3 Å². The van der Waals surface area contributed by atoms with Crippen LogP contribution in [-0.2, 0) is 6.18 Å². The third-order valence-electron chi connectivity index (χ3n) is 3.56. The summed E-state index contributed by atoms with van der Waals surface area (Å²) < 4.78 is 45.3. The third-order valence-corrected chi connectivity index (χ3v) is 4.65. The van der Waals surface area contributed by atoms with Crippen LogP contribution in [0.25, 0.3) is 0 Å². The molecule has 0 aliphatic carbocycles. The van der Waals surface area contributed by atoms with Gasteiger partial charge in [0.05, 0.1) is 17.9 Å². The summed E-state index contributed by atoms with van der Waals surface area (Å²) >= 11 is 0.990. The molecule has 1 amide bonds. The Morgan fingerprint density at radius 1 is 1.35 bits per heavy atom. The van der Waals surface area contributed by atoms with Gasteiger partial charge in [0.2, 0.25) is 0 Å². The number of nitrogens with zero attached hydrogens (tertiary/aromatic N) is 1. The van der Waals surface area contributed by atoms with Crippen molar-refractivity contribution in [3.63, 3.8) is 0 Å². The van der Waals surface area contributed by atoms with Gasteiger partial charge in [-0.05, 0) is 31.5 Å². The van der Waals surface area contributed by atoms with Gasteiger partial charge in [-0.25, -0.2) is 4.98 Å². The number of unbranched alkanes of at least 4 members (excludes halogenated alkanes) is 2. The van der Waals surface area contributed by atoms with Gasteiger partial charge in [-0.1, -0.05) is 31.1 Å². The number of alkyl halides is 3. The van der Waals surface area contributed by atoms with Crippen LogP contribution in [0.5, 0.6) is 5.75 Å². The molecule has 5 nitrogen and oxygen atoms in total. The molecule has 0 saturated carbocycles. The first-order chi connectivity index (χ1) is 12.2. The van der Waals surface area contributed by atoms with Gasteiger partial charge in [0.1, 0.15) is 10.6 Å². The van der Waals surface area contributed by atoms with Crippen molar-refractivity contribution in [1.29, 1.82) is 0 Å². The average molecular weight is 387 g/mol. The lowest BCUT2D eigenvalue weighted by molar-refractivity contribution is -0.138. The quantitative estimate of drug-likeness (QED) is 0.633. The average Bonchev–Trinajstić information content (AvgIpc) is 2.92. The number of aryl methyl sites for hydroxylation is 1. The second-order valence-electron chi connectivity index (χ2n) is 5.69. The Bertz CT molecular complexity index is 775. The fraction of sp³-hybridized carbons (Fsp3) is 0.412. The minimum atomic E-state index is -4.55. The monoisotopic (exact) mass is 387 g/mol. The zero-order valence-corrected chi connectivity index (χ0v) is 15.3. The van der Waals surface area contributed by atoms with E-state index in [0.29, 0.717) is 17.2 Å². The number of amides is 1. The van der Waals surface area contributed by atoms with Gasteiger partial charge in [-0.2, -0.15) is 13.2 Å². The van der Waals surface area contributed by atoms with Gasteiger partial charge in [0.15, 0.2) is 5.13 Å². The maximum atomic E-state index is 13.3. The highest BCUT2D eigenvalue weighted by Crippen LogP contribution is 2.39. The number of hydrogen-bond acceptors (Lipinski definition) is 5. The molecule has 2 aromatic rings. The lowest BCUT2D eigenvalue weighted by atomic mass is 10.1. The fourth-order valence-electron chi connectivity index (χ4n) is 2.29. The Hall–Kier alpha value is -2.29. The molecule has 26 heavy (non-hydrogen) atoms. The number of primary amides is 1. The van der Waals surface area contributed by atoms with Crippen molar-refractivity contribution in [3.8, 4) is 5.75 Å². The summed E-state index contributed by atoms with van der Waals surface area (Å²) in [5, 5.41) is 3.07. The summed E-state index contributed by atoms with van der Waals surface area (Å²) in [6.07, 6.45) is -2.00. The van der Waals surface area contributed by atoms with Crippen LogP contribution in [-0.4, -0.2) is 17.5 Å². The first-order valence-electron chi connectivity index (χ1n) is 8.10. The van der Waals surface area contributed by atoms with E-state index in [4.69, 9.17) is 10.5 Å². The number of rotatable bonds is 8. The molecule has 0 atom stereocenters. The van der Waals surface area contributed by atoms with E-state index in [0.717, 1.165) is 30.2 Å². The maximum Gasteiger partial charge on any atom is 0.420 e. The fourth-order valence-corrected chi connectivity index (χ4v) is 3.13. The van der Waals surface area contributed by atoms with Crippen LogP contribution in [0.1, 0.15) is 47.1 Å². The summed E-state index contributed by atoms with van der Waals surface area (Å²) in [5.74, 6) is -0.827. The van der Waals surface area contributed by atoms with Crippen LogP contribution in [0.15, 0.2) is 18.2 Å². The Morgan fingerprint density at radius 2 is 2.08 bits per heavy atom. The molecule has 0 unspecified atom stereocenters. The number of thiazole rings is 1. The predicted octanol–water partition coefficient (Wildman–Crippen LogP) is 4.88. The van der Waals surface area contributed by atoms with Gasteiger partial charge >= 0.3 is 6.18 Å². The molecule has 0 spiro atoms. The summed E-state index contributed by atoms with van der Waals surface area (Å²) in [7, 11) is 0. The van der Waals surface area contributed by atoms with E-state index in [2.05, 4.69) is 10.3 Å². The van der Waals surface area contributed by atoms with Gasteiger partial charge in [-0.15, -0.1) is 0 Å². The minimum absolute atomic E-state index is 0.197. The van der Waals surface area contributed by atoms with Crippen molar-refractivity contribution < 1.29 is 22.7 Å². The molecule has 0 bridgehead atoms. The molecule has 1 aromatic carbocycles. The lowest BCUT2D eigenvalue weighted by Crippen LogP contribution is -2.10. The molecule has 0 radical (unpaired) electrons. The molecule has 142 valence electrons. The zero-order chi connectivity index (χ0) is 19.3. The smallest absolute Gasteiger partial charge is 0.420 e. The second kappa shape index (κ2) is 8.39. The highest BCUT2D eigenvalue weighted by atomic mass is 32.1. The Labute approximate surface area is 153 Å². The van der Waals surface area contributed by atoms with Crippen molar-refractivity contribution >= 4 is 28.1 Å². The largest absolute Gasteiger partial charge is 0.493 e. The number of hydrogen-bond donors (Lipinski definition) is 2. The Morgan fingerprint density at radius 3 is 2.65 bits per heavy atom. The number of ether oxygens (including phenoxy) is 1. The first kappa shape index (κ1) is 20.0. The number of benzene rings is 1. The van der Waals surface area contributed by atoms with Gasteiger partial charge < -0.3 is 15.8 Å². The number of carbonyl (C=O) groups excluding carboxylic acids is 1. The summed E-state index contributed by atoms with van der Waals surface area (Å²) in [4.78, 5) is 15.6. The molecule has 3 N–H and O–H groups in total. The molecule has 0 saturated heterocycles. The van der Waals surface area contributed by atoms with Crippen molar-refractivity contribution in [3.05, 3.63) is 34.3 Å². The van der Waals surface area contributed by atoms with E-state index >= 15 is 0 Å². The maximum absolute atomic E-state index is 13.3. The van der Waals surface area contributed by atoms with Gasteiger partial charge in [-0.3, -0.25) is 4.79 Å². The van der Waals surface area contributed by atoms with Crippen LogP contribution >= 0.6 is 11.3 Å². The minimum Gasteiger partial charge on any atom is -0.493 e. The van der Waals surface area contributed by atoms with Crippen LogP contribution in [0.2, 0.25) is 0 Å². The van der Waals surface area contributed by atoms with E-state index in [1.54, 1.807) is 6.92 Å². The molecular weight excluding hydrogens is 367 g/mol. The number of carbonyl (C=O) groups is 1. The Kier molecular flexibility index (Phi) is 6.47. The van der Waals surface area contributed by atoms with Crippen molar-refractivity contribution in [2.75, 3.05) is 11.9 Å². The van der Waals surface area contributed by atoms with E-state index in [9.17, 15) is 18.0 Å². The van der Waals surface area contributed by atoms with Gasteiger partial charge in [0, 0.05) is 5.69 Å². The van der Waals surface area contributed by atoms with E-state index in [1.807, 2.05) is 6.92 Å². The van der Waals surface area contributed by atoms with E-state index in [1.165, 1.54) is 12.1 Å². The molecule has 0 fully saturated rings. The molecule has 0 aliphatic heterocycles. The molecule has 9 heteroatoms. The van der Waals surface area contributed by atoms with E-state index < -0.39 is 17.6 Å². The topological polar surface area (TPSA) is 77.2 Å². The zero-order valence-electron chi connectivity index (χ0n) is 14.4. The van der Waals surface area contributed by atoms with Crippen LogP contribution < -0.4 is 15.8 Å². The number of anilines is 2. The van der Waals surface area contributed by atoms with Crippen LogP contribution in [0, 0.1) is 6.92 Å². The van der Waals surface area contributed by atoms with Crippen LogP contribution in [0.4, 0.5) is 24.0 Å². The van der Waals surface area contributed by atoms with Crippen LogP contribution in [0.3, 0.4) is 0 Å². The highest BCUT2D eigenvalue weighted by molar-refractivity contribution is 7.17. The third kappa shape index (κ3) is 5.10. The number of nitrogens with two attached hydrogens (primary N) is 1. The summed E-state index contributed by atoms with van der Waals surface area (Å²) in [6, 6.07) is 3.73. The molecule has 1 heterocycles. The number of halogens is 3. The summed E-state index contributed by atoms with van der Waals surface area (Å²) in [5.41, 5.74) is 4.99. The Balaban J connectivity index is 2.22. The van der Waals surface area contributed by atoms with Crippen molar-refractivity contribution in [2.24, 2.45) is 5.73 Å². The molecule has 0 aliphatic rings. The van der Waals surface area contributed by atoms with Gasteiger partial charge in [0.25, 0.3) is 5.91 Å². The molecular formula is C17H20F3N3O2S.